The molecular weight excluding hydrogens is 348 g/mol. The summed E-state index contributed by atoms with van der Waals surface area (Å²) in [6.07, 6.45) is 1.61. The lowest BCUT2D eigenvalue weighted by Gasteiger charge is -2.34. The Morgan fingerprint density at radius 1 is 0.963 bits per heavy atom. The number of carbonyl (C=O) groups is 2. The zero-order valence-electron chi connectivity index (χ0n) is 15.0. The summed E-state index contributed by atoms with van der Waals surface area (Å²) >= 11 is 0. The van der Waals surface area contributed by atoms with E-state index in [-0.39, 0.29) is 18.6 Å². The van der Waals surface area contributed by atoms with Crippen LogP contribution in [0.25, 0.3) is 0 Å². The molecule has 2 aliphatic heterocycles. The molecule has 140 valence electrons. The van der Waals surface area contributed by atoms with Crippen molar-refractivity contribution in [1.82, 2.24) is 14.8 Å². The van der Waals surface area contributed by atoms with Gasteiger partial charge in [-0.05, 0) is 24.3 Å². The van der Waals surface area contributed by atoms with E-state index in [0.29, 0.717) is 37.6 Å². The van der Waals surface area contributed by atoms with Crippen molar-refractivity contribution in [2.75, 3.05) is 38.3 Å². The van der Waals surface area contributed by atoms with Crippen molar-refractivity contribution in [2.45, 2.75) is 6.92 Å². The number of piperazine rings is 1. The monoisotopic (exact) mass is 368 g/mol. The van der Waals surface area contributed by atoms with Crippen LogP contribution in [0, 0.1) is 0 Å². The van der Waals surface area contributed by atoms with Gasteiger partial charge in [-0.1, -0.05) is 0 Å². The predicted molar refractivity (Wildman–Crippen MR) is 98.2 cm³/mol. The van der Waals surface area contributed by atoms with Gasteiger partial charge in [-0.2, -0.15) is 0 Å². The molecule has 0 spiro atoms. The minimum atomic E-state index is -0.132. The van der Waals surface area contributed by atoms with Crippen LogP contribution < -0.4 is 14.8 Å². The summed E-state index contributed by atoms with van der Waals surface area (Å²) in [5, 5.41) is 3.25. The molecule has 8 heteroatoms. The number of pyridine rings is 1. The van der Waals surface area contributed by atoms with Gasteiger partial charge in [-0.15, -0.1) is 0 Å². The molecule has 0 unspecified atom stereocenters. The second-order valence-corrected chi connectivity index (χ2v) is 6.42. The fourth-order valence-electron chi connectivity index (χ4n) is 3.15. The second-order valence-electron chi connectivity index (χ2n) is 6.42. The summed E-state index contributed by atoms with van der Waals surface area (Å²) in [5.41, 5.74) is 1.96. The summed E-state index contributed by atoms with van der Waals surface area (Å²) in [7, 11) is 0. The van der Waals surface area contributed by atoms with Crippen molar-refractivity contribution >= 4 is 23.2 Å². The van der Waals surface area contributed by atoms with Crippen LogP contribution in [0.3, 0.4) is 0 Å². The number of hydrogen-bond donors (Lipinski definition) is 1. The number of ether oxygens (including phenoxy) is 2. The number of rotatable bonds is 3. The molecular formula is C19H20N4O4. The molecule has 0 saturated carbocycles. The Bertz CT molecular complexity index is 878. The first kappa shape index (κ1) is 17.1. The van der Waals surface area contributed by atoms with Crippen LogP contribution in [0.4, 0.5) is 11.4 Å². The summed E-state index contributed by atoms with van der Waals surface area (Å²) in [4.78, 5) is 31.8. The van der Waals surface area contributed by atoms with Gasteiger partial charge in [0.05, 0.1) is 0 Å². The molecule has 1 aromatic carbocycles. The molecule has 2 aromatic rings. The van der Waals surface area contributed by atoms with Crippen molar-refractivity contribution in [3.05, 3.63) is 42.2 Å². The van der Waals surface area contributed by atoms with Crippen LogP contribution in [-0.4, -0.2) is 59.6 Å². The topological polar surface area (TPSA) is 84.0 Å². The van der Waals surface area contributed by atoms with E-state index in [4.69, 9.17) is 9.47 Å². The minimum absolute atomic E-state index is 0.0372. The molecule has 0 radical (unpaired) electrons. The molecule has 3 heterocycles. The smallest absolute Gasteiger partial charge is 0.272 e. The molecule has 27 heavy (non-hydrogen) atoms. The molecule has 4 rings (SSSR count). The Hall–Kier alpha value is -3.29. The van der Waals surface area contributed by atoms with Crippen molar-refractivity contribution < 1.29 is 19.1 Å². The molecule has 1 N–H and O–H groups in total. The maximum atomic E-state index is 12.7. The highest BCUT2D eigenvalue weighted by atomic mass is 16.7. The normalized spacial score (nSPS) is 15.6. The number of amides is 2. The molecule has 2 aliphatic rings. The number of nitrogens with zero attached hydrogens (tertiary/aromatic N) is 3. The first-order valence-electron chi connectivity index (χ1n) is 8.78. The zero-order chi connectivity index (χ0) is 18.8. The highest BCUT2D eigenvalue weighted by molar-refractivity contribution is 5.93. The van der Waals surface area contributed by atoms with Crippen LogP contribution in [0.1, 0.15) is 17.4 Å². The summed E-state index contributed by atoms with van der Waals surface area (Å²) in [6, 6.07) is 9.10. The largest absolute Gasteiger partial charge is 0.454 e. The van der Waals surface area contributed by atoms with Crippen molar-refractivity contribution in [2.24, 2.45) is 0 Å². The van der Waals surface area contributed by atoms with Gasteiger partial charge < -0.3 is 24.6 Å². The Kier molecular flexibility index (Phi) is 4.53. The standard InChI is InChI=1S/C19H20N4O4/c1-13(24)22-6-8-23(9-7-22)19(25)16-10-15(4-5-20-16)21-14-2-3-17-18(11-14)27-12-26-17/h2-5,10-11H,6-9,12H2,1H3,(H,20,21). The number of carbonyl (C=O) groups excluding carboxylic acids is 2. The molecule has 1 aromatic heterocycles. The minimum Gasteiger partial charge on any atom is -0.454 e. The summed E-state index contributed by atoms with van der Waals surface area (Å²) in [6.45, 7) is 3.90. The van der Waals surface area contributed by atoms with Crippen molar-refractivity contribution in [3.8, 4) is 11.5 Å². The van der Waals surface area contributed by atoms with E-state index in [2.05, 4.69) is 10.3 Å². The van der Waals surface area contributed by atoms with Gasteiger partial charge in [0.2, 0.25) is 12.7 Å². The maximum Gasteiger partial charge on any atom is 0.272 e. The Morgan fingerprint density at radius 2 is 1.67 bits per heavy atom. The number of hydrogen-bond acceptors (Lipinski definition) is 6. The second kappa shape index (κ2) is 7.14. The fourth-order valence-corrected chi connectivity index (χ4v) is 3.15. The van der Waals surface area contributed by atoms with Crippen LogP contribution in [0.15, 0.2) is 36.5 Å². The quantitative estimate of drug-likeness (QED) is 0.890. The van der Waals surface area contributed by atoms with Crippen LogP contribution >= 0.6 is 0 Å². The zero-order valence-corrected chi connectivity index (χ0v) is 15.0. The summed E-state index contributed by atoms with van der Waals surface area (Å²) < 4.78 is 10.7. The number of nitrogens with one attached hydrogen (secondary N) is 1. The third-order valence-corrected chi connectivity index (χ3v) is 4.65. The summed E-state index contributed by atoms with van der Waals surface area (Å²) in [5.74, 6) is 1.31. The molecule has 1 fully saturated rings. The van der Waals surface area contributed by atoms with Crippen LogP contribution in [-0.2, 0) is 4.79 Å². The molecule has 1 saturated heterocycles. The number of fused-ring (bicyclic) bond motifs is 1. The average molecular weight is 368 g/mol. The molecule has 0 aliphatic carbocycles. The fraction of sp³-hybridized carbons (Fsp3) is 0.316. The number of benzene rings is 1. The van der Waals surface area contributed by atoms with E-state index in [1.54, 1.807) is 35.1 Å². The highest BCUT2D eigenvalue weighted by Gasteiger charge is 2.24. The van der Waals surface area contributed by atoms with Gasteiger partial charge in [-0.3, -0.25) is 14.6 Å². The van der Waals surface area contributed by atoms with E-state index < -0.39 is 0 Å². The van der Waals surface area contributed by atoms with E-state index in [0.717, 1.165) is 17.1 Å². The van der Waals surface area contributed by atoms with Crippen molar-refractivity contribution in [3.63, 3.8) is 0 Å². The third kappa shape index (κ3) is 3.64. The molecule has 2 amide bonds. The molecule has 0 bridgehead atoms. The predicted octanol–water partition coefficient (Wildman–Crippen LogP) is 1.86. The van der Waals surface area contributed by atoms with E-state index >= 15 is 0 Å². The average Bonchev–Trinajstić information content (AvgIpc) is 3.15. The van der Waals surface area contributed by atoms with Gasteiger partial charge in [0.15, 0.2) is 11.5 Å². The number of anilines is 2. The van der Waals surface area contributed by atoms with Crippen LogP contribution in [0.5, 0.6) is 11.5 Å². The van der Waals surface area contributed by atoms with Gasteiger partial charge in [0.1, 0.15) is 5.69 Å². The van der Waals surface area contributed by atoms with E-state index in [1.165, 1.54) is 0 Å². The highest BCUT2D eigenvalue weighted by Crippen LogP contribution is 2.35. The van der Waals surface area contributed by atoms with E-state index in [9.17, 15) is 9.59 Å². The molecule has 8 nitrogen and oxygen atoms in total. The lowest BCUT2D eigenvalue weighted by Crippen LogP contribution is -2.50. The lowest BCUT2D eigenvalue weighted by atomic mass is 10.2. The Balaban J connectivity index is 1.44. The van der Waals surface area contributed by atoms with E-state index in [1.807, 2.05) is 18.2 Å². The maximum absolute atomic E-state index is 12.7. The Labute approximate surface area is 156 Å². The lowest BCUT2D eigenvalue weighted by molar-refractivity contribution is -0.130. The molecule has 0 atom stereocenters. The van der Waals surface area contributed by atoms with Crippen LogP contribution in [0.2, 0.25) is 0 Å². The van der Waals surface area contributed by atoms with Crippen molar-refractivity contribution in [1.29, 1.82) is 0 Å². The Morgan fingerprint density at radius 3 is 2.44 bits per heavy atom. The number of aromatic nitrogens is 1. The van der Waals surface area contributed by atoms with Gasteiger partial charge >= 0.3 is 0 Å². The first-order chi connectivity index (χ1) is 13.1. The van der Waals surface area contributed by atoms with Gasteiger partial charge in [0.25, 0.3) is 5.91 Å². The van der Waals surface area contributed by atoms with Gasteiger partial charge in [0, 0.05) is 56.7 Å². The first-order valence-corrected chi connectivity index (χ1v) is 8.78. The van der Waals surface area contributed by atoms with Gasteiger partial charge in [-0.25, -0.2) is 0 Å². The third-order valence-electron chi connectivity index (χ3n) is 4.65. The SMILES string of the molecule is CC(=O)N1CCN(C(=O)c2cc(Nc3ccc4c(c3)OCO4)ccn2)CC1.